The highest BCUT2D eigenvalue weighted by Crippen LogP contribution is 2.33. The van der Waals surface area contributed by atoms with E-state index in [2.05, 4.69) is 0 Å². The van der Waals surface area contributed by atoms with Gasteiger partial charge in [0.25, 0.3) is 0 Å². The molecule has 2 rings (SSSR count). The molecule has 0 aliphatic heterocycles. The molecule has 88 valence electrons. The Labute approximate surface area is 98.7 Å². The standard InChI is InChI=1S/C13H13NO3/c1-14(2)11-5-3-4-9-8(11)6-7-10(12(9)15)13(16)17/h3-7,15H,1-2H3,(H,16,17). The van der Waals surface area contributed by atoms with E-state index >= 15 is 0 Å². The fraction of sp³-hybridized carbons (Fsp3) is 0.154. The van der Waals surface area contributed by atoms with Crippen molar-refractivity contribution in [3.8, 4) is 5.75 Å². The van der Waals surface area contributed by atoms with Crippen molar-refractivity contribution in [1.29, 1.82) is 0 Å². The molecule has 4 heteroatoms. The Morgan fingerprint density at radius 3 is 2.41 bits per heavy atom. The minimum absolute atomic E-state index is 0.0755. The number of rotatable bonds is 2. The number of phenols is 1. The first-order chi connectivity index (χ1) is 8.02. The Balaban J connectivity index is 2.80. The summed E-state index contributed by atoms with van der Waals surface area (Å²) in [5, 5.41) is 20.2. The Bertz CT molecular complexity index is 590. The lowest BCUT2D eigenvalue weighted by Gasteiger charge is -2.16. The fourth-order valence-electron chi connectivity index (χ4n) is 1.89. The zero-order valence-electron chi connectivity index (χ0n) is 9.64. The van der Waals surface area contributed by atoms with Crippen molar-refractivity contribution in [3.05, 3.63) is 35.9 Å². The van der Waals surface area contributed by atoms with E-state index in [1.54, 1.807) is 18.2 Å². The molecule has 0 saturated carbocycles. The summed E-state index contributed by atoms with van der Waals surface area (Å²) in [6.07, 6.45) is 0. The van der Waals surface area contributed by atoms with E-state index in [4.69, 9.17) is 5.11 Å². The second-order valence-electron chi connectivity index (χ2n) is 4.03. The van der Waals surface area contributed by atoms with Crippen LogP contribution in [0.1, 0.15) is 10.4 Å². The van der Waals surface area contributed by atoms with Crippen molar-refractivity contribution in [2.45, 2.75) is 0 Å². The minimum atomic E-state index is -1.13. The SMILES string of the molecule is CN(C)c1cccc2c(O)c(C(=O)O)ccc12. The van der Waals surface area contributed by atoms with Crippen LogP contribution in [0.5, 0.6) is 5.75 Å². The van der Waals surface area contributed by atoms with Crippen molar-refractivity contribution >= 4 is 22.4 Å². The Morgan fingerprint density at radius 1 is 1.12 bits per heavy atom. The number of aromatic hydroxyl groups is 1. The van der Waals surface area contributed by atoms with E-state index in [9.17, 15) is 9.90 Å². The number of hydrogen-bond donors (Lipinski definition) is 2. The first-order valence-corrected chi connectivity index (χ1v) is 5.17. The van der Waals surface area contributed by atoms with Crippen LogP contribution < -0.4 is 4.90 Å². The smallest absolute Gasteiger partial charge is 0.339 e. The van der Waals surface area contributed by atoms with E-state index in [0.717, 1.165) is 11.1 Å². The molecule has 17 heavy (non-hydrogen) atoms. The van der Waals surface area contributed by atoms with Crippen LogP contribution in [0, 0.1) is 0 Å². The second-order valence-corrected chi connectivity index (χ2v) is 4.03. The fourth-order valence-corrected chi connectivity index (χ4v) is 1.89. The van der Waals surface area contributed by atoms with Crippen molar-refractivity contribution in [2.75, 3.05) is 19.0 Å². The monoisotopic (exact) mass is 231 g/mol. The molecule has 0 fully saturated rings. The van der Waals surface area contributed by atoms with Crippen LogP contribution in [0.15, 0.2) is 30.3 Å². The van der Waals surface area contributed by atoms with Crippen LogP contribution >= 0.6 is 0 Å². The van der Waals surface area contributed by atoms with E-state index in [-0.39, 0.29) is 11.3 Å². The van der Waals surface area contributed by atoms with Gasteiger partial charge in [0.05, 0.1) is 0 Å². The number of fused-ring (bicyclic) bond motifs is 1. The molecule has 0 bridgehead atoms. The summed E-state index contributed by atoms with van der Waals surface area (Å²) in [5.41, 5.74) is 0.864. The third kappa shape index (κ3) is 1.78. The number of hydrogen-bond acceptors (Lipinski definition) is 3. The number of nitrogens with zero attached hydrogens (tertiary/aromatic N) is 1. The van der Waals surface area contributed by atoms with Crippen LogP contribution in [0.3, 0.4) is 0 Å². The molecule has 0 saturated heterocycles. The Kier molecular flexibility index (Phi) is 2.63. The molecule has 0 aromatic heterocycles. The molecule has 0 amide bonds. The summed E-state index contributed by atoms with van der Waals surface area (Å²) in [6.45, 7) is 0. The van der Waals surface area contributed by atoms with Crippen molar-refractivity contribution < 1.29 is 15.0 Å². The zero-order chi connectivity index (χ0) is 12.6. The average Bonchev–Trinajstić information content (AvgIpc) is 2.28. The Morgan fingerprint density at radius 2 is 1.82 bits per heavy atom. The van der Waals surface area contributed by atoms with Crippen LogP contribution in [-0.2, 0) is 0 Å². The predicted molar refractivity (Wildman–Crippen MR) is 66.9 cm³/mol. The molecule has 2 aromatic rings. The predicted octanol–water partition coefficient (Wildman–Crippen LogP) is 2.31. The van der Waals surface area contributed by atoms with Gasteiger partial charge in [0.15, 0.2) is 0 Å². The molecule has 0 heterocycles. The highest BCUT2D eigenvalue weighted by atomic mass is 16.4. The van der Waals surface area contributed by atoms with Gasteiger partial charge in [-0.3, -0.25) is 0 Å². The summed E-state index contributed by atoms with van der Waals surface area (Å²) in [5.74, 6) is -1.31. The Hall–Kier alpha value is -2.23. The molecule has 2 N–H and O–H groups in total. The number of anilines is 1. The van der Waals surface area contributed by atoms with Gasteiger partial charge in [0.2, 0.25) is 0 Å². The first-order valence-electron chi connectivity index (χ1n) is 5.17. The summed E-state index contributed by atoms with van der Waals surface area (Å²) < 4.78 is 0. The molecule has 0 spiro atoms. The van der Waals surface area contributed by atoms with E-state index in [1.807, 2.05) is 25.1 Å². The summed E-state index contributed by atoms with van der Waals surface area (Å²) in [7, 11) is 3.80. The molecule has 0 atom stereocenters. The van der Waals surface area contributed by atoms with Gasteiger partial charge in [-0.1, -0.05) is 18.2 Å². The van der Waals surface area contributed by atoms with Gasteiger partial charge >= 0.3 is 5.97 Å². The molecular formula is C13H13NO3. The molecule has 0 radical (unpaired) electrons. The minimum Gasteiger partial charge on any atom is -0.506 e. The van der Waals surface area contributed by atoms with Crippen LogP contribution in [0.25, 0.3) is 10.8 Å². The highest BCUT2D eigenvalue weighted by Gasteiger charge is 2.14. The molecule has 2 aromatic carbocycles. The first kappa shape index (κ1) is 11.3. The quantitative estimate of drug-likeness (QED) is 0.832. The van der Waals surface area contributed by atoms with Gasteiger partial charge < -0.3 is 15.1 Å². The topological polar surface area (TPSA) is 60.8 Å². The van der Waals surface area contributed by atoms with Crippen molar-refractivity contribution in [3.63, 3.8) is 0 Å². The van der Waals surface area contributed by atoms with Crippen LogP contribution in [0.2, 0.25) is 0 Å². The average molecular weight is 231 g/mol. The van der Waals surface area contributed by atoms with E-state index < -0.39 is 5.97 Å². The lowest BCUT2D eigenvalue weighted by molar-refractivity contribution is 0.0694. The third-order valence-corrected chi connectivity index (χ3v) is 2.72. The maximum Gasteiger partial charge on any atom is 0.339 e. The molecular weight excluding hydrogens is 218 g/mol. The molecule has 0 aliphatic carbocycles. The number of aromatic carboxylic acids is 1. The lowest BCUT2D eigenvalue weighted by atomic mass is 10.0. The summed E-state index contributed by atoms with van der Waals surface area (Å²) in [6, 6.07) is 8.57. The zero-order valence-corrected chi connectivity index (χ0v) is 9.64. The second kappa shape index (κ2) is 3.97. The van der Waals surface area contributed by atoms with Crippen molar-refractivity contribution in [2.24, 2.45) is 0 Å². The third-order valence-electron chi connectivity index (χ3n) is 2.72. The van der Waals surface area contributed by atoms with Crippen molar-refractivity contribution in [1.82, 2.24) is 0 Å². The maximum absolute atomic E-state index is 10.9. The highest BCUT2D eigenvalue weighted by molar-refractivity contribution is 6.04. The van der Waals surface area contributed by atoms with Gasteiger partial charge in [0.1, 0.15) is 11.3 Å². The van der Waals surface area contributed by atoms with Gasteiger partial charge in [-0.15, -0.1) is 0 Å². The normalized spacial score (nSPS) is 10.5. The summed E-state index contributed by atoms with van der Waals surface area (Å²) in [4.78, 5) is 12.8. The molecule has 4 nitrogen and oxygen atoms in total. The number of carboxylic acids is 1. The van der Waals surface area contributed by atoms with E-state index in [1.165, 1.54) is 6.07 Å². The van der Waals surface area contributed by atoms with Gasteiger partial charge in [-0.25, -0.2) is 4.79 Å². The van der Waals surface area contributed by atoms with Gasteiger partial charge in [-0.2, -0.15) is 0 Å². The van der Waals surface area contributed by atoms with Gasteiger partial charge in [-0.05, 0) is 12.1 Å². The molecule has 0 unspecified atom stereocenters. The number of carboxylic acid groups (broad SMARTS) is 1. The van der Waals surface area contributed by atoms with E-state index in [0.29, 0.717) is 5.39 Å². The van der Waals surface area contributed by atoms with Crippen LogP contribution in [0.4, 0.5) is 5.69 Å². The summed E-state index contributed by atoms with van der Waals surface area (Å²) >= 11 is 0. The largest absolute Gasteiger partial charge is 0.506 e. The number of carbonyl (C=O) groups is 1. The lowest BCUT2D eigenvalue weighted by Crippen LogP contribution is -2.09. The molecule has 0 aliphatic rings. The van der Waals surface area contributed by atoms with Crippen LogP contribution in [-0.4, -0.2) is 30.3 Å². The maximum atomic E-state index is 10.9. The number of benzene rings is 2. The van der Waals surface area contributed by atoms with Gasteiger partial charge in [0, 0.05) is 30.6 Å².